The summed E-state index contributed by atoms with van der Waals surface area (Å²) in [6, 6.07) is 16.9. The molecule has 3 aromatic rings. The molecule has 0 aliphatic heterocycles. The molecule has 32 heavy (non-hydrogen) atoms. The Balaban J connectivity index is 1.96. The van der Waals surface area contributed by atoms with Crippen molar-refractivity contribution < 1.29 is 23.9 Å². The first kappa shape index (κ1) is 24.4. The average molecular weight is 654 g/mol. The molecule has 0 saturated carbocycles. The van der Waals surface area contributed by atoms with Crippen molar-refractivity contribution in [3.8, 4) is 11.5 Å². The Morgan fingerprint density at radius 1 is 0.719 bits per heavy atom. The van der Waals surface area contributed by atoms with Gasteiger partial charge in [0.15, 0.2) is 5.78 Å². The highest BCUT2D eigenvalue weighted by Crippen LogP contribution is 2.32. The van der Waals surface area contributed by atoms with Crippen LogP contribution in [0.1, 0.15) is 50.5 Å². The van der Waals surface area contributed by atoms with E-state index in [2.05, 4.69) is 45.2 Å². The number of ketones is 1. The predicted molar refractivity (Wildman–Crippen MR) is 139 cm³/mol. The smallest absolute Gasteiger partial charge is 0.343 e. The van der Waals surface area contributed by atoms with Crippen LogP contribution >= 0.6 is 45.2 Å². The third kappa shape index (κ3) is 5.94. The van der Waals surface area contributed by atoms with Crippen molar-refractivity contribution in [2.45, 2.75) is 20.8 Å². The van der Waals surface area contributed by atoms with Crippen LogP contribution in [0.3, 0.4) is 0 Å². The summed E-state index contributed by atoms with van der Waals surface area (Å²) in [5, 5.41) is 0. The normalized spacial score (nSPS) is 10.7. The SMILES string of the molecule is Cc1cc(C(=O)C(C)C)c(OC(=O)c2ccc(I)cc2)cc1OC(=O)c1ccc(I)cc1. The summed E-state index contributed by atoms with van der Waals surface area (Å²) in [7, 11) is 0. The number of hydrogen-bond acceptors (Lipinski definition) is 5. The van der Waals surface area contributed by atoms with Crippen molar-refractivity contribution >= 4 is 62.9 Å². The maximum atomic E-state index is 12.8. The largest absolute Gasteiger partial charge is 0.423 e. The molecule has 0 aliphatic rings. The topological polar surface area (TPSA) is 69.7 Å². The van der Waals surface area contributed by atoms with E-state index >= 15 is 0 Å². The van der Waals surface area contributed by atoms with E-state index in [-0.39, 0.29) is 28.8 Å². The molecule has 0 bridgehead atoms. The van der Waals surface area contributed by atoms with Gasteiger partial charge in [0.1, 0.15) is 11.5 Å². The second-order valence-electron chi connectivity index (χ2n) is 7.43. The first-order valence-corrected chi connectivity index (χ1v) is 12.0. The van der Waals surface area contributed by atoms with Gasteiger partial charge < -0.3 is 9.47 Å². The molecular weight excluding hydrogens is 634 g/mol. The minimum Gasteiger partial charge on any atom is -0.423 e. The fourth-order valence-electron chi connectivity index (χ4n) is 2.86. The van der Waals surface area contributed by atoms with E-state index in [4.69, 9.17) is 9.47 Å². The van der Waals surface area contributed by atoms with Gasteiger partial charge in [-0.15, -0.1) is 0 Å². The highest BCUT2D eigenvalue weighted by atomic mass is 127. The van der Waals surface area contributed by atoms with Gasteiger partial charge in [0.2, 0.25) is 0 Å². The second kappa shape index (κ2) is 10.6. The van der Waals surface area contributed by atoms with Crippen molar-refractivity contribution in [2.75, 3.05) is 0 Å². The molecule has 0 atom stereocenters. The van der Waals surface area contributed by atoms with Crippen molar-refractivity contribution in [2.24, 2.45) is 5.92 Å². The van der Waals surface area contributed by atoms with Gasteiger partial charge in [-0.1, -0.05) is 13.8 Å². The van der Waals surface area contributed by atoms with E-state index < -0.39 is 11.9 Å². The zero-order valence-electron chi connectivity index (χ0n) is 17.6. The van der Waals surface area contributed by atoms with Crippen LogP contribution in [-0.2, 0) is 0 Å². The Labute approximate surface area is 213 Å². The quantitative estimate of drug-likeness (QED) is 0.132. The molecule has 0 amide bonds. The second-order valence-corrected chi connectivity index (χ2v) is 9.92. The number of ether oxygens (including phenoxy) is 2. The lowest BCUT2D eigenvalue weighted by atomic mass is 9.98. The van der Waals surface area contributed by atoms with E-state index in [1.165, 1.54) is 6.07 Å². The van der Waals surface area contributed by atoms with Gasteiger partial charge in [-0.3, -0.25) is 4.79 Å². The van der Waals surface area contributed by atoms with E-state index in [1.807, 2.05) is 12.1 Å². The number of halogens is 2. The summed E-state index contributed by atoms with van der Waals surface area (Å²) in [4.78, 5) is 38.1. The van der Waals surface area contributed by atoms with Crippen molar-refractivity contribution in [1.82, 2.24) is 0 Å². The molecule has 5 nitrogen and oxygen atoms in total. The lowest BCUT2D eigenvalue weighted by molar-refractivity contribution is 0.0730. The van der Waals surface area contributed by atoms with E-state index in [1.54, 1.807) is 63.2 Å². The molecular formula is C25H20I2O5. The molecule has 0 spiro atoms. The molecule has 3 aromatic carbocycles. The molecule has 0 aliphatic carbocycles. The van der Waals surface area contributed by atoms with Crippen molar-refractivity contribution in [3.63, 3.8) is 0 Å². The fraction of sp³-hybridized carbons (Fsp3) is 0.160. The van der Waals surface area contributed by atoms with Gasteiger partial charge in [-0.2, -0.15) is 0 Å². The van der Waals surface area contributed by atoms with E-state index in [0.29, 0.717) is 16.7 Å². The minimum atomic E-state index is -0.599. The number of carbonyl (C=O) groups is 3. The summed E-state index contributed by atoms with van der Waals surface area (Å²) in [5.74, 6) is -1.33. The first-order chi connectivity index (χ1) is 15.2. The highest BCUT2D eigenvalue weighted by molar-refractivity contribution is 14.1. The lowest BCUT2D eigenvalue weighted by Gasteiger charge is -2.15. The van der Waals surface area contributed by atoms with Crippen LogP contribution in [0.15, 0.2) is 60.7 Å². The number of carbonyl (C=O) groups excluding carboxylic acids is 3. The highest BCUT2D eigenvalue weighted by Gasteiger charge is 2.22. The molecule has 0 N–H and O–H groups in total. The predicted octanol–water partition coefficient (Wildman–Crippen LogP) is 6.48. The summed E-state index contributed by atoms with van der Waals surface area (Å²) < 4.78 is 13.1. The molecule has 7 heteroatoms. The number of benzene rings is 3. The summed E-state index contributed by atoms with van der Waals surface area (Å²) in [6.07, 6.45) is 0. The maximum Gasteiger partial charge on any atom is 0.343 e. The Hall–Kier alpha value is -2.27. The standard InChI is InChI=1S/C25H20I2O5/c1-14(2)23(28)20-12-15(3)21(31-24(29)16-4-8-18(26)9-5-16)13-22(20)32-25(30)17-6-10-19(27)11-7-17/h4-14H,1-3H3. The number of Topliss-reactive ketones (excluding diaryl/α,β-unsaturated/α-hetero) is 1. The first-order valence-electron chi connectivity index (χ1n) is 9.80. The Kier molecular flexibility index (Phi) is 8.05. The molecule has 0 saturated heterocycles. The van der Waals surface area contributed by atoms with Gasteiger partial charge in [-0.25, -0.2) is 9.59 Å². The van der Waals surface area contributed by atoms with Gasteiger partial charge >= 0.3 is 11.9 Å². The Morgan fingerprint density at radius 2 is 1.16 bits per heavy atom. The number of esters is 2. The van der Waals surface area contributed by atoms with Gasteiger partial charge in [0.05, 0.1) is 16.7 Å². The fourth-order valence-corrected chi connectivity index (χ4v) is 3.58. The van der Waals surface area contributed by atoms with Crippen LogP contribution in [0, 0.1) is 20.0 Å². The van der Waals surface area contributed by atoms with E-state index in [0.717, 1.165) is 7.14 Å². The van der Waals surface area contributed by atoms with Crippen LogP contribution in [0.25, 0.3) is 0 Å². The Morgan fingerprint density at radius 3 is 1.59 bits per heavy atom. The summed E-state index contributed by atoms with van der Waals surface area (Å²) >= 11 is 4.30. The zero-order chi connectivity index (χ0) is 23.4. The average Bonchev–Trinajstić information content (AvgIpc) is 2.76. The summed E-state index contributed by atoms with van der Waals surface area (Å²) in [6.45, 7) is 5.28. The van der Waals surface area contributed by atoms with Crippen molar-refractivity contribution in [3.05, 3.63) is 90.1 Å². The lowest BCUT2D eigenvalue weighted by Crippen LogP contribution is -2.16. The zero-order valence-corrected chi connectivity index (χ0v) is 22.0. The molecule has 0 aromatic heterocycles. The van der Waals surface area contributed by atoms with Crippen LogP contribution in [0.4, 0.5) is 0 Å². The molecule has 0 heterocycles. The molecule has 3 rings (SSSR count). The maximum absolute atomic E-state index is 12.8. The molecule has 0 fully saturated rings. The molecule has 0 unspecified atom stereocenters. The monoisotopic (exact) mass is 654 g/mol. The molecule has 164 valence electrons. The Bertz CT molecular complexity index is 1170. The summed E-state index contributed by atoms with van der Waals surface area (Å²) in [5.41, 5.74) is 1.60. The van der Waals surface area contributed by atoms with Gasteiger partial charge in [0, 0.05) is 19.1 Å². The number of rotatable bonds is 6. The van der Waals surface area contributed by atoms with Crippen LogP contribution in [0.5, 0.6) is 11.5 Å². The van der Waals surface area contributed by atoms with Crippen LogP contribution in [0.2, 0.25) is 0 Å². The minimum absolute atomic E-state index is 0.0586. The van der Waals surface area contributed by atoms with Gasteiger partial charge in [0.25, 0.3) is 0 Å². The van der Waals surface area contributed by atoms with Crippen molar-refractivity contribution in [1.29, 1.82) is 0 Å². The number of hydrogen-bond donors (Lipinski definition) is 0. The van der Waals surface area contributed by atoms with E-state index in [9.17, 15) is 14.4 Å². The number of aryl methyl sites for hydroxylation is 1. The van der Waals surface area contributed by atoms with Gasteiger partial charge in [-0.05, 0) is 112 Å². The van der Waals surface area contributed by atoms with Crippen LogP contribution in [-0.4, -0.2) is 17.7 Å². The third-order valence-electron chi connectivity index (χ3n) is 4.63. The third-order valence-corrected chi connectivity index (χ3v) is 6.07. The molecule has 0 radical (unpaired) electrons. The van der Waals surface area contributed by atoms with Crippen LogP contribution < -0.4 is 9.47 Å².